The summed E-state index contributed by atoms with van der Waals surface area (Å²) in [6, 6.07) is 5.50. The van der Waals surface area contributed by atoms with E-state index in [2.05, 4.69) is 9.97 Å². The van der Waals surface area contributed by atoms with Crippen LogP contribution in [0.4, 0.5) is 0 Å². The quantitative estimate of drug-likeness (QED) is 0.646. The van der Waals surface area contributed by atoms with Gasteiger partial charge in [-0.1, -0.05) is 0 Å². The fourth-order valence-electron chi connectivity index (χ4n) is 2.11. The number of nitriles is 1. The van der Waals surface area contributed by atoms with Crippen molar-refractivity contribution >= 4 is 21.9 Å². The van der Waals surface area contributed by atoms with Gasteiger partial charge in [0, 0.05) is 18.6 Å². The van der Waals surface area contributed by atoms with Crippen LogP contribution in [-0.2, 0) is 7.05 Å². The Morgan fingerprint density at radius 1 is 1.44 bits per heavy atom. The third kappa shape index (κ3) is 1.26. The van der Waals surface area contributed by atoms with Crippen LogP contribution < -0.4 is 5.43 Å². The van der Waals surface area contributed by atoms with Gasteiger partial charge in [0.05, 0.1) is 16.6 Å². The normalized spacial score (nSPS) is 10.9. The van der Waals surface area contributed by atoms with Crippen molar-refractivity contribution in [1.82, 2.24) is 14.5 Å². The van der Waals surface area contributed by atoms with Crippen LogP contribution in [0.25, 0.3) is 21.9 Å². The van der Waals surface area contributed by atoms with Gasteiger partial charge in [0.1, 0.15) is 17.5 Å². The van der Waals surface area contributed by atoms with Crippen LogP contribution in [-0.4, -0.2) is 14.5 Å². The van der Waals surface area contributed by atoms with E-state index >= 15 is 0 Å². The molecule has 0 aliphatic heterocycles. The zero-order valence-electron chi connectivity index (χ0n) is 9.98. The van der Waals surface area contributed by atoms with E-state index in [0.29, 0.717) is 5.39 Å². The molecule has 0 saturated heterocycles. The first-order chi connectivity index (χ1) is 8.61. The number of imidazole rings is 1. The largest absolute Gasteiger partial charge is 0.360 e. The smallest absolute Gasteiger partial charge is 0.207 e. The predicted molar refractivity (Wildman–Crippen MR) is 68.3 cm³/mol. The fraction of sp³-hybridized carbons (Fsp3) is 0.154. The van der Waals surface area contributed by atoms with Crippen LogP contribution in [0.5, 0.6) is 0 Å². The van der Waals surface area contributed by atoms with Crippen LogP contribution in [0.1, 0.15) is 11.4 Å². The minimum absolute atomic E-state index is 0.120. The molecule has 0 fully saturated rings. The van der Waals surface area contributed by atoms with E-state index in [0.717, 1.165) is 22.4 Å². The first kappa shape index (κ1) is 10.5. The second-order valence-electron chi connectivity index (χ2n) is 4.25. The Bertz CT molecular complexity index is 880. The molecule has 2 heterocycles. The number of aromatic amines is 1. The maximum atomic E-state index is 12.0. The number of nitrogens with zero attached hydrogens (tertiary/aromatic N) is 3. The van der Waals surface area contributed by atoms with Crippen molar-refractivity contribution in [1.29, 1.82) is 5.26 Å². The first-order valence-corrected chi connectivity index (χ1v) is 5.50. The minimum atomic E-state index is -0.253. The number of aryl methyl sites for hydroxylation is 2. The van der Waals surface area contributed by atoms with Crippen LogP contribution in [0.15, 0.2) is 23.1 Å². The molecule has 5 nitrogen and oxygen atoms in total. The molecule has 0 unspecified atom stereocenters. The Morgan fingerprint density at radius 2 is 2.22 bits per heavy atom. The van der Waals surface area contributed by atoms with Crippen LogP contribution in [0.3, 0.4) is 0 Å². The van der Waals surface area contributed by atoms with Gasteiger partial charge in [0.25, 0.3) is 0 Å². The monoisotopic (exact) mass is 238 g/mol. The Kier molecular flexibility index (Phi) is 2.01. The molecule has 0 aliphatic carbocycles. The molecule has 1 aromatic carbocycles. The molecular formula is C13H10N4O. The molecule has 3 aromatic rings. The van der Waals surface area contributed by atoms with Gasteiger partial charge < -0.3 is 9.55 Å². The molecule has 18 heavy (non-hydrogen) atoms. The van der Waals surface area contributed by atoms with Gasteiger partial charge in [-0.05, 0) is 19.1 Å². The number of aromatic nitrogens is 3. The van der Waals surface area contributed by atoms with Crippen molar-refractivity contribution in [3.8, 4) is 6.07 Å². The number of rotatable bonds is 0. The van der Waals surface area contributed by atoms with Crippen LogP contribution >= 0.6 is 0 Å². The molecule has 0 atom stereocenters. The van der Waals surface area contributed by atoms with E-state index < -0.39 is 0 Å². The van der Waals surface area contributed by atoms with E-state index in [1.165, 1.54) is 6.20 Å². The van der Waals surface area contributed by atoms with Gasteiger partial charge in [-0.2, -0.15) is 5.26 Å². The SMILES string of the molecule is Cc1nc2cc3c(=O)c(C#N)c[nH]c3cc2n1C. The number of pyridine rings is 1. The summed E-state index contributed by atoms with van der Waals surface area (Å²) in [5, 5.41) is 9.35. The van der Waals surface area contributed by atoms with Gasteiger partial charge in [0.2, 0.25) is 5.43 Å². The summed E-state index contributed by atoms with van der Waals surface area (Å²) in [5.41, 5.74) is 2.31. The molecule has 3 rings (SSSR count). The van der Waals surface area contributed by atoms with Crippen molar-refractivity contribution in [2.75, 3.05) is 0 Å². The molecule has 0 amide bonds. The lowest BCUT2D eigenvalue weighted by Gasteiger charge is -2.00. The van der Waals surface area contributed by atoms with E-state index in [1.54, 1.807) is 6.07 Å². The first-order valence-electron chi connectivity index (χ1n) is 5.50. The lowest BCUT2D eigenvalue weighted by Crippen LogP contribution is -2.07. The fourth-order valence-corrected chi connectivity index (χ4v) is 2.11. The summed E-state index contributed by atoms with van der Waals surface area (Å²) in [4.78, 5) is 19.4. The summed E-state index contributed by atoms with van der Waals surface area (Å²) in [6.45, 7) is 1.91. The molecule has 0 bridgehead atoms. The highest BCUT2D eigenvalue weighted by Crippen LogP contribution is 2.19. The Labute approximate surface area is 102 Å². The van der Waals surface area contributed by atoms with E-state index in [1.807, 2.05) is 30.7 Å². The molecule has 88 valence electrons. The second kappa shape index (κ2) is 3.44. The molecule has 0 aliphatic rings. The number of benzene rings is 1. The number of hydrogen-bond acceptors (Lipinski definition) is 3. The maximum Gasteiger partial charge on any atom is 0.207 e. The number of nitrogens with one attached hydrogen (secondary N) is 1. The minimum Gasteiger partial charge on any atom is -0.360 e. The van der Waals surface area contributed by atoms with Crippen molar-refractivity contribution in [3.63, 3.8) is 0 Å². The summed E-state index contributed by atoms with van der Waals surface area (Å²) >= 11 is 0. The number of H-pyrrole nitrogens is 1. The van der Waals surface area contributed by atoms with E-state index in [9.17, 15) is 4.79 Å². The van der Waals surface area contributed by atoms with Crippen molar-refractivity contribution in [2.24, 2.45) is 7.05 Å². The average molecular weight is 238 g/mol. The highest BCUT2D eigenvalue weighted by atomic mass is 16.1. The van der Waals surface area contributed by atoms with Crippen molar-refractivity contribution < 1.29 is 0 Å². The Morgan fingerprint density at radius 3 is 2.94 bits per heavy atom. The zero-order chi connectivity index (χ0) is 12.9. The Balaban J connectivity index is 2.54. The van der Waals surface area contributed by atoms with Gasteiger partial charge in [0.15, 0.2) is 0 Å². The zero-order valence-corrected chi connectivity index (χ0v) is 9.98. The summed E-state index contributed by atoms with van der Waals surface area (Å²) < 4.78 is 1.96. The predicted octanol–water partition coefficient (Wildman–Crippen LogP) is 1.59. The molecule has 0 spiro atoms. The molecular weight excluding hydrogens is 228 g/mol. The van der Waals surface area contributed by atoms with Gasteiger partial charge in [-0.15, -0.1) is 0 Å². The number of hydrogen-bond donors (Lipinski definition) is 1. The molecule has 1 N–H and O–H groups in total. The van der Waals surface area contributed by atoms with Gasteiger partial charge in [-0.3, -0.25) is 4.79 Å². The lowest BCUT2D eigenvalue weighted by molar-refractivity contribution is 0.886. The van der Waals surface area contributed by atoms with Crippen LogP contribution in [0.2, 0.25) is 0 Å². The van der Waals surface area contributed by atoms with Crippen molar-refractivity contribution in [2.45, 2.75) is 6.92 Å². The highest BCUT2D eigenvalue weighted by Gasteiger charge is 2.09. The van der Waals surface area contributed by atoms with Gasteiger partial charge >= 0.3 is 0 Å². The topological polar surface area (TPSA) is 74.5 Å². The summed E-state index contributed by atoms with van der Waals surface area (Å²) in [5.74, 6) is 0.883. The highest BCUT2D eigenvalue weighted by molar-refractivity contribution is 5.93. The lowest BCUT2D eigenvalue weighted by atomic mass is 10.1. The van der Waals surface area contributed by atoms with Crippen molar-refractivity contribution in [3.05, 3.63) is 39.9 Å². The molecule has 2 aromatic heterocycles. The molecule has 0 radical (unpaired) electrons. The van der Waals surface area contributed by atoms with E-state index in [4.69, 9.17) is 5.26 Å². The van der Waals surface area contributed by atoms with Gasteiger partial charge in [-0.25, -0.2) is 4.98 Å². The molecule has 5 heteroatoms. The van der Waals surface area contributed by atoms with E-state index in [-0.39, 0.29) is 11.0 Å². The average Bonchev–Trinajstić information content (AvgIpc) is 2.64. The Hall–Kier alpha value is -2.61. The third-order valence-electron chi connectivity index (χ3n) is 3.23. The summed E-state index contributed by atoms with van der Waals surface area (Å²) in [6.07, 6.45) is 1.44. The second-order valence-corrected chi connectivity index (χ2v) is 4.25. The standard InChI is InChI=1S/C13H10N4O/c1-7-16-11-3-9-10(4-12(11)17(7)2)15-6-8(5-14)13(9)18/h3-4,6H,1-2H3,(H,15,18). The number of fused-ring (bicyclic) bond motifs is 2. The maximum absolute atomic E-state index is 12.0. The van der Waals surface area contributed by atoms with Crippen LogP contribution in [0, 0.1) is 18.3 Å². The molecule has 0 saturated carbocycles. The summed E-state index contributed by atoms with van der Waals surface area (Å²) in [7, 11) is 1.93. The third-order valence-corrected chi connectivity index (χ3v) is 3.23.